The molecule has 2 N–H and O–H groups in total. The lowest BCUT2D eigenvalue weighted by Gasteiger charge is -2.39. The molecule has 2 aliphatic rings. The molecule has 0 atom stereocenters. The molecule has 0 aromatic rings. The Morgan fingerprint density at radius 2 is 1.78 bits per heavy atom. The summed E-state index contributed by atoms with van der Waals surface area (Å²) in [6.07, 6.45) is 3.82. The molecule has 0 aromatic carbocycles. The van der Waals surface area contributed by atoms with Gasteiger partial charge in [0.05, 0.1) is 10.4 Å². The van der Waals surface area contributed by atoms with Crippen molar-refractivity contribution in [2.45, 2.75) is 32.6 Å². The van der Waals surface area contributed by atoms with E-state index in [-0.39, 0.29) is 5.91 Å². The van der Waals surface area contributed by atoms with E-state index in [4.69, 9.17) is 18.0 Å². The third kappa shape index (κ3) is 2.38. The van der Waals surface area contributed by atoms with E-state index in [1.807, 2.05) is 4.90 Å². The lowest BCUT2D eigenvalue weighted by molar-refractivity contribution is -0.139. The minimum atomic E-state index is -0.524. The van der Waals surface area contributed by atoms with E-state index in [9.17, 15) is 4.79 Å². The van der Waals surface area contributed by atoms with Crippen molar-refractivity contribution < 1.29 is 4.79 Å². The minimum absolute atomic E-state index is 0.184. The SMILES string of the molecule is CCN1CCN(C(=O)C2(C(N)=S)CCCC2)CC1. The van der Waals surface area contributed by atoms with Crippen LogP contribution in [0.2, 0.25) is 0 Å². The summed E-state index contributed by atoms with van der Waals surface area (Å²) in [5, 5.41) is 0. The van der Waals surface area contributed by atoms with E-state index in [0.717, 1.165) is 58.4 Å². The first-order chi connectivity index (χ1) is 8.60. The number of nitrogens with zero attached hydrogens (tertiary/aromatic N) is 2. The summed E-state index contributed by atoms with van der Waals surface area (Å²) in [4.78, 5) is 17.4. The van der Waals surface area contributed by atoms with E-state index in [2.05, 4.69) is 11.8 Å². The van der Waals surface area contributed by atoms with Gasteiger partial charge < -0.3 is 15.5 Å². The van der Waals surface area contributed by atoms with E-state index in [0.29, 0.717) is 4.99 Å². The summed E-state index contributed by atoms with van der Waals surface area (Å²) < 4.78 is 0. The highest BCUT2D eigenvalue weighted by Crippen LogP contribution is 2.40. The zero-order valence-corrected chi connectivity index (χ0v) is 12.0. The normalized spacial score (nSPS) is 24.2. The van der Waals surface area contributed by atoms with Crippen LogP contribution < -0.4 is 5.73 Å². The summed E-state index contributed by atoms with van der Waals surface area (Å²) in [5.41, 5.74) is 5.34. The predicted molar refractivity (Wildman–Crippen MR) is 76.4 cm³/mol. The maximum atomic E-state index is 12.7. The van der Waals surface area contributed by atoms with Crippen LogP contribution in [0.1, 0.15) is 32.6 Å². The number of nitrogens with two attached hydrogens (primary N) is 1. The smallest absolute Gasteiger partial charge is 0.235 e. The molecule has 2 rings (SSSR count). The Bertz CT molecular complexity index is 331. The molecular formula is C13H23N3OS. The van der Waals surface area contributed by atoms with E-state index in [1.54, 1.807) is 0 Å². The van der Waals surface area contributed by atoms with Gasteiger partial charge in [-0.2, -0.15) is 0 Å². The molecule has 5 heteroatoms. The van der Waals surface area contributed by atoms with Gasteiger partial charge in [-0.05, 0) is 19.4 Å². The van der Waals surface area contributed by atoms with Crippen molar-refractivity contribution in [2.24, 2.45) is 11.1 Å². The lowest BCUT2D eigenvalue weighted by Crippen LogP contribution is -2.55. The number of piperazine rings is 1. The predicted octanol–water partition coefficient (Wildman–Crippen LogP) is 0.997. The van der Waals surface area contributed by atoms with Gasteiger partial charge in [-0.25, -0.2) is 0 Å². The van der Waals surface area contributed by atoms with Crippen LogP contribution in [0.5, 0.6) is 0 Å². The molecule has 1 saturated carbocycles. The zero-order valence-electron chi connectivity index (χ0n) is 11.2. The van der Waals surface area contributed by atoms with Gasteiger partial charge in [-0.3, -0.25) is 4.79 Å². The molecule has 0 spiro atoms. The number of likely N-dealkylation sites (N-methyl/N-ethyl adjacent to an activating group) is 1. The van der Waals surface area contributed by atoms with Crippen LogP contribution in [0, 0.1) is 5.41 Å². The second-order valence-electron chi connectivity index (χ2n) is 5.38. The molecule has 0 radical (unpaired) electrons. The molecular weight excluding hydrogens is 246 g/mol. The van der Waals surface area contributed by atoms with Crippen LogP contribution in [0.3, 0.4) is 0 Å². The minimum Gasteiger partial charge on any atom is -0.392 e. The number of thiocarbonyl (C=S) groups is 1. The van der Waals surface area contributed by atoms with Gasteiger partial charge in [-0.15, -0.1) is 0 Å². The van der Waals surface area contributed by atoms with Gasteiger partial charge in [0.25, 0.3) is 0 Å². The van der Waals surface area contributed by atoms with Crippen molar-refractivity contribution in [3.05, 3.63) is 0 Å². The molecule has 0 bridgehead atoms. The fourth-order valence-electron chi connectivity index (χ4n) is 3.11. The second kappa shape index (κ2) is 5.53. The first-order valence-corrected chi connectivity index (χ1v) is 7.32. The molecule has 0 aromatic heterocycles. The molecule has 4 nitrogen and oxygen atoms in total. The lowest BCUT2D eigenvalue weighted by atomic mass is 9.84. The van der Waals surface area contributed by atoms with E-state index < -0.39 is 5.41 Å². The molecule has 0 unspecified atom stereocenters. The number of amides is 1. The molecule has 1 amide bonds. The van der Waals surface area contributed by atoms with Crippen molar-refractivity contribution in [3.8, 4) is 0 Å². The Morgan fingerprint density at radius 3 is 2.22 bits per heavy atom. The zero-order chi connectivity index (χ0) is 13.2. The molecule has 1 aliphatic carbocycles. The Labute approximate surface area is 114 Å². The Hall–Kier alpha value is -0.680. The van der Waals surface area contributed by atoms with Gasteiger partial charge >= 0.3 is 0 Å². The number of carbonyl (C=O) groups excluding carboxylic acids is 1. The van der Waals surface area contributed by atoms with Crippen LogP contribution >= 0.6 is 12.2 Å². The highest BCUT2D eigenvalue weighted by atomic mass is 32.1. The largest absolute Gasteiger partial charge is 0.392 e. The monoisotopic (exact) mass is 269 g/mol. The van der Waals surface area contributed by atoms with Crippen LogP contribution in [0.4, 0.5) is 0 Å². The standard InChI is InChI=1S/C13H23N3OS/c1-2-15-7-9-16(10-8-15)12(17)13(11(14)18)5-3-4-6-13/h2-10H2,1H3,(H2,14,18). The highest BCUT2D eigenvalue weighted by molar-refractivity contribution is 7.80. The third-order valence-corrected chi connectivity index (χ3v) is 4.84. The average molecular weight is 269 g/mol. The van der Waals surface area contributed by atoms with Gasteiger partial charge in [0.2, 0.25) is 5.91 Å². The van der Waals surface area contributed by atoms with Crippen LogP contribution in [-0.2, 0) is 4.79 Å². The van der Waals surface area contributed by atoms with Gasteiger partial charge in [0, 0.05) is 26.2 Å². The van der Waals surface area contributed by atoms with E-state index >= 15 is 0 Å². The first-order valence-electron chi connectivity index (χ1n) is 6.92. The molecule has 2 fully saturated rings. The summed E-state index contributed by atoms with van der Waals surface area (Å²) >= 11 is 5.18. The number of hydrogen-bond donors (Lipinski definition) is 1. The summed E-state index contributed by atoms with van der Waals surface area (Å²) in [6, 6.07) is 0. The molecule has 1 saturated heterocycles. The summed E-state index contributed by atoms with van der Waals surface area (Å²) in [7, 11) is 0. The number of rotatable bonds is 3. The Kier molecular flexibility index (Phi) is 4.22. The van der Waals surface area contributed by atoms with Crippen molar-refractivity contribution in [1.82, 2.24) is 9.80 Å². The van der Waals surface area contributed by atoms with Gasteiger partial charge in [-0.1, -0.05) is 32.0 Å². The maximum Gasteiger partial charge on any atom is 0.235 e. The second-order valence-corrected chi connectivity index (χ2v) is 5.82. The summed E-state index contributed by atoms with van der Waals surface area (Å²) in [5.74, 6) is 0.184. The third-order valence-electron chi connectivity index (χ3n) is 4.44. The fourth-order valence-corrected chi connectivity index (χ4v) is 3.41. The Morgan fingerprint density at radius 1 is 1.22 bits per heavy atom. The summed E-state index contributed by atoms with van der Waals surface area (Å²) in [6.45, 7) is 6.78. The van der Waals surface area contributed by atoms with E-state index in [1.165, 1.54) is 0 Å². The number of carbonyl (C=O) groups is 1. The van der Waals surface area contributed by atoms with Gasteiger partial charge in [0.15, 0.2) is 0 Å². The van der Waals surface area contributed by atoms with Crippen LogP contribution in [0.15, 0.2) is 0 Å². The van der Waals surface area contributed by atoms with Gasteiger partial charge in [0.1, 0.15) is 0 Å². The first kappa shape index (κ1) is 13.7. The average Bonchev–Trinajstić information content (AvgIpc) is 2.88. The maximum absolute atomic E-state index is 12.7. The molecule has 1 aliphatic heterocycles. The highest BCUT2D eigenvalue weighted by Gasteiger charge is 2.46. The van der Waals surface area contributed by atoms with Crippen molar-refractivity contribution in [3.63, 3.8) is 0 Å². The van der Waals surface area contributed by atoms with Crippen molar-refractivity contribution >= 4 is 23.1 Å². The van der Waals surface area contributed by atoms with Crippen LogP contribution in [0.25, 0.3) is 0 Å². The quantitative estimate of drug-likeness (QED) is 0.777. The molecule has 1 heterocycles. The topological polar surface area (TPSA) is 49.6 Å². The molecule has 18 heavy (non-hydrogen) atoms. The van der Waals surface area contributed by atoms with Crippen LogP contribution in [-0.4, -0.2) is 53.4 Å². The number of hydrogen-bond acceptors (Lipinski definition) is 3. The van der Waals surface area contributed by atoms with Crippen molar-refractivity contribution in [2.75, 3.05) is 32.7 Å². The fraction of sp³-hybridized carbons (Fsp3) is 0.846. The Balaban J connectivity index is 2.04. The molecule has 102 valence electrons. The van der Waals surface area contributed by atoms with Crippen molar-refractivity contribution in [1.29, 1.82) is 0 Å².